The normalized spacial score (nSPS) is 10.5. The molecule has 2 amide bonds. The number of benzene rings is 1. The van der Waals surface area contributed by atoms with E-state index in [1.165, 1.54) is 11.3 Å². The molecule has 0 aliphatic rings. The van der Waals surface area contributed by atoms with Gasteiger partial charge in [0.25, 0.3) is 0 Å². The largest absolute Gasteiger partial charge is 0.497 e. The maximum atomic E-state index is 11.6. The first-order valence-electron chi connectivity index (χ1n) is 5.97. The first-order valence-corrected chi connectivity index (χ1v) is 6.85. The van der Waals surface area contributed by atoms with Crippen LogP contribution in [0.25, 0.3) is 6.08 Å². The number of amides is 2. The van der Waals surface area contributed by atoms with Crippen molar-refractivity contribution < 1.29 is 9.53 Å². The molecule has 20 heavy (non-hydrogen) atoms. The minimum absolute atomic E-state index is 0.316. The number of urea groups is 1. The summed E-state index contributed by atoms with van der Waals surface area (Å²) in [6.07, 6.45) is 3.38. The van der Waals surface area contributed by atoms with Crippen LogP contribution in [0.5, 0.6) is 5.75 Å². The smallest absolute Gasteiger partial charge is 0.325 e. The van der Waals surface area contributed by atoms with E-state index in [1.54, 1.807) is 19.4 Å². The molecule has 0 aliphatic carbocycles. The molecule has 1 aromatic heterocycles. The third-order valence-electron chi connectivity index (χ3n) is 2.45. The number of hydrogen-bond donors (Lipinski definition) is 2. The second kappa shape index (κ2) is 6.72. The van der Waals surface area contributed by atoms with Gasteiger partial charge in [-0.15, -0.1) is 11.3 Å². The average Bonchev–Trinajstić information content (AvgIpc) is 2.85. The Hall–Kier alpha value is -2.34. The Balaban J connectivity index is 1.84. The summed E-state index contributed by atoms with van der Waals surface area (Å²) in [5.74, 6) is 0.798. The van der Waals surface area contributed by atoms with Crippen LogP contribution in [0, 0.1) is 6.92 Å². The molecule has 0 saturated carbocycles. The first-order chi connectivity index (χ1) is 9.67. The fourth-order valence-electron chi connectivity index (χ4n) is 1.47. The minimum atomic E-state index is -0.316. The molecular weight excluding hydrogens is 274 g/mol. The van der Waals surface area contributed by atoms with Crippen LogP contribution >= 0.6 is 11.3 Å². The molecule has 0 spiro atoms. The van der Waals surface area contributed by atoms with Crippen molar-refractivity contribution in [3.05, 3.63) is 47.1 Å². The number of aryl methyl sites for hydroxylation is 1. The molecule has 0 unspecified atom stereocenters. The van der Waals surface area contributed by atoms with E-state index in [9.17, 15) is 4.79 Å². The number of hydrogen-bond acceptors (Lipinski definition) is 4. The van der Waals surface area contributed by atoms with Crippen LogP contribution in [0.3, 0.4) is 0 Å². The number of nitrogens with zero attached hydrogens (tertiary/aromatic N) is 1. The Bertz CT molecular complexity index is 605. The van der Waals surface area contributed by atoms with Crippen molar-refractivity contribution in [2.75, 3.05) is 12.4 Å². The summed E-state index contributed by atoms with van der Waals surface area (Å²) in [6, 6.07) is 7.21. The lowest BCUT2D eigenvalue weighted by atomic mass is 10.2. The highest BCUT2D eigenvalue weighted by molar-refractivity contribution is 7.13. The van der Waals surface area contributed by atoms with Gasteiger partial charge in [-0.3, -0.25) is 5.32 Å². The van der Waals surface area contributed by atoms with Gasteiger partial charge in [0.15, 0.2) is 5.13 Å². The third kappa shape index (κ3) is 4.10. The molecule has 6 heteroatoms. The molecule has 1 heterocycles. The number of carbonyl (C=O) groups excluding carboxylic acids is 1. The maximum absolute atomic E-state index is 11.6. The Morgan fingerprint density at radius 1 is 1.35 bits per heavy atom. The highest BCUT2D eigenvalue weighted by Gasteiger charge is 2.02. The second-order valence-electron chi connectivity index (χ2n) is 4.00. The summed E-state index contributed by atoms with van der Waals surface area (Å²) >= 11 is 1.39. The molecular formula is C14H15N3O2S. The molecule has 5 nitrogen and oxygen atoms in total. The fourth-order valence-corrected chi connectivity index (χ4v) is 2.16. The SMILES string of the molecule is COc1ccc(/C=C/NC(=O)Nc2nc(C)cs2)cc1. The van der Waals surface area contributed by atoms with Gasteiger partial charge in [0.2, 0.25) is 0 Å². The van der Waals surface area contributed by atoms with E-state index in [1.807, 2.05) is 36.6 Å². The summed E-state index contributed by atoms with van der Waals surface area (Å²) < 4.78 is 5.07. The predicted molar refractivity (Wildman–Crippen MR) is 81.0 cm³/mol. The number of methoxy groups -OCH3 is 1. The van der Waals surface area contributed by atoms with E-state index in [0.717, 1.165) is 17.0 Å². The molecule has 0 radical (unpaired) electrons. The van der Waals surface area contributed by atoms with E-state index in [4.69, 9.17) is 4.74 Å². The van der Waals surface area contributed by atoms with Crippen LogP contribution < -0.4 is 15.4 Å². The van der Waals surface area contributed by atoms with Crippen LogP contribution in [0.1, 0.15) is 11.3 Å². The topological polar surface area (TPSA) is 63.2 Å². The van der Waals surface area contributed by atoms with Crippen LogP contribution in [-0.2, 0) is 0 Å². The van der Waals surface area contributed by atoms with Crippen molar-refractivity contribution >= 4 is 28.6 Å². The Kier molecular flexibility index (Phi) is 4.73. The van der Waals surface area contributed by atoms with Gasteiger partial charge < -0.3 is 10.1 Å². The molecule has 0 atom stereocenters. The standard InChI is InChI=1S/C14H15N3O2S/c1-10-9-20-14(16-10)17-13(18)15-8-7-11-3-5-12(19-2)6-4-11/h3-9H,1-2H3,(H2,15,16,17,18)/b8-7+. The number of carbonyl (C=O) groups is 1. The predicted octanol–water partition coefficient (Wildman–Crippen LogP) is 3.25. The zero-order chi connectivity index (χ0) is 14.4. The molecule has 0 saturated heterocycles. The van der Waals surface area contributed by atoms with E-state index < -0.39 is 0 Å². The van der Waals surface area contributed by atoms with E-state index in [2.05, 4.69) is 15.6 Å². The van der Waals surface area contributed by atoms with Crippen LogP contribution in [0.4, 0.5) is 9.93 Å². The number of ether oxygens (including phenoxy) is 1. The lowest BCUT2D eigenvalue weighted by Gasteiger charge is -2.01. The zero-order valence-electron chi connectivity index (χ0n) is 11.2. The fraction of sp³-hybridized carbons (Fsp3) is 0.143. The lowest BCUT2D eigenvalue weighted by molar-refractivity contribution is 0.255. The molecule has 0 bridgehead atoms. The Morgan fingerprint density at radius 3 is 2.70 bits per heavy atom. The van der Waals surface area contributed by atoms with E-state index >= 15 is 0 Å². The molecule has 0 aliphatic heterocycles. The van der Waals surface area contributed by atoms with Gasteiger partial charge in [-0.1, -0.05) is 12.1 Å². The number of anilines is 1. The highest BCUT2D eigenvalue weighted by atomic mass is 32.1. The summed E-state index contributed by atoms with van der Waals surface area (Å²) in [4.78, 5) is 15.7. The average molecular weight is 289 g/mol. The summed E-state index contributed by atoms with van der Waals surface area (Å²) in [5.41, 5.74) is 1.86. The second-order valence-corrected chi connectivity index (χ2v) is 4.86. The number of nitrogens with one attached hydrogen (secondary N) is 2. The van der Waals surface area contributed by atoms with Gasteiger partial charge in [0.05, 0.1) is 12.8 Å². The zero-order valence-corrected chi connectivity index (χ0v) is 12.0. The summed E-state index contributed by atoms with van der Waals surface area (Å²) in [7, 11) is 1.62. The molecule has 0 fully saturated rings. The molecule has 2 aromatic rings. The Morgan fingerprint density at radius 2 is 2.10 bits per heavy atom. The molecule has 2 N–H and O–H groups in total. The van der Waals surface area contributed by atoms with E-state index in [-0.39, 0.29) is 6.03 Å². The molecule has 104 valence electrons. The van der Waals surface area contributed by atoms with Crippen molar-refractivity contribution in [1.29, 1.82) is 0 Å². The van der Waals surface area contributed by atoms with Crippen molar-refractivity contribution in [2.45, 2.75) is 6.92 Å². The van der Waals surface area contributed by atoms with Gasteiger partial charge >= 0.3 is 6.03 Å². The van der Waals surface area contributed by atoms with Gasteiger partial charge in [0.1, 0.15) is 5.75 Å². The van der Waals surface area contributed by atoms with Crippen LogP contribution in [-0.4, -0.2) is 18.1 Å². The van der Waals surface area contributed by atoms with Crippen molar-refractivity contribution in [2.24, 2.45) is 0 Å². The van der Waals surface area contributed by atoms with E-state index in [0.29, 0.717) is 5.13 Å². The highest BCUT2D eigenvalue weighted by Crippen LogP contribution is 2.14. The van der Waals surface area contributed by atoms with Gasteiger partial charge in [0, 0.05) is 11.6 Å². The van der Waals surface area contributed by atoms with Crippen molar-refractivity contribution in [3.63, 3.8) is 0 Å². The molecule has 2 rings (SSSR count). The summed E-state index contributed by atoms with van der Waals surface area (Å²) in [5, 5.41) is 7.73. The van der Waals surface area contributed by atoms with Crippen molar-refractivity contribution in [1.82, 2.24) is 10.3 Å². The first kappa shape index (κ1) is 14.1. The minimum Gasteiger partial charge on any atom is -0.497 e. The van der Waals surface area contributed by atoms with Crippen LogP contribution in [0.15, 0.2) is 35.8 Å². The van der Waals surface area contributed by atoms with Gasteiger partial charge in [-0.05, 0) is 30.7 Å². The Labute approximate surface area is 121 Å². The lowest BCUT2D eigenvalue weighted by Crippen LogP contribution is -2.23. The number of aromatic nitrogens is 1. The quantitative estimate of drug-likeness (QED) is 0.908. The molecule has 1 aromatic carbocycles. The van der Waals surface area contributed by atoms with Gasteiger partial charge in [-0.25, -0.2) is 9.78 Å². The number of rotatable bonds is 4. The van der Waals surface area contributed by atoms with Gasteiger partial charge in [-0.2, -0.15) is 0 Å². The number of thiazole rings is 1. The summed E-state index contributed by atoms with van der Waals surface area (Å²) in [6.45, 7) is 1.88. The third-order valence-corrected chi connectivity index (χ3v) is 3.32. The monoisotopic (exact) mass is 289 g/mol. The van der Waals surface area contributed by atoms with Crippen molar-refractivity contribution in [3.8, 4) is 5.75 Å². The maximum Gasteiger partial charge on any atom is 0.325 e. The van der Waals surface area contributed by atoms with Crippen LogP contribution in [0.2, 0.25) is 0 Å².